The number of aromatic nitrogens is 2. The van der Waals surface area contributed by atoms with E-state index in [1.165, 1.54) is 0 Å². The Morgan fingerprint density at radius 3 is 2.81 bits per heavy atom. The van der Waals surface area contributed by atoms with Gasteiger partial charge in [0.2, 0.25) is 0 Å². The third kappa shape index (κ3) is 3.66. The van der Waals surface area contributed by atoms with Crippen LogP contribution in [-0.2, 0) is 11.3 Å². The minimum Gasteiger partial charge on any atom is -0.480 e. The normalized spacial score (nSPS) is 13.0. The van der Waals surface area contributed by atoms with Crippen LogP contribution in [0.4, 0.5) is 0 Å². The lowest BCUT2D eigenvalue weighted by Crippen LogP contribution is -2.19. The first-order valence-electron chi connectivity index (χ1n) is 5.46. The number of imidazole rings is 1. The number of carboxylic acids is 1. The van der Waals surface area contributed by atoms with Gasteiger partial charge in [-0.05, 0) is 19.4 Å². The highest BCUT2D eigenvalue weighted by Gasteiger charge is 2.13. The van der Waals surface area contributed by atoms with Crippen molar-refractivity contribution in [3.05, 3.63) is 18.2 Å². The largest absolute Gasteiger partial charge is 0.480 e. The summed E-state index contributed by atoms with van der Waals surface area (Å²) in [5, 5.41) is 12.1. The van der Waals surface area contributed by atoms with Crippen LogP contribution in [0.2, 0.25) is 0 Å². The summed E-state index contributed by atoms with van der Waals surface area (Å²) >= 11 is 0. The SMILES string of the molecule is CC(C)CNCc1cn(C(C)C(=O)O)cn1. The molecule has 0 radical (unpaired) electrons. The van der Waals surface area contributed by atoms with Crippen LogP contribution in [0.15, 0.2) is 12.5 Å². The topological polar surface area (TPSA) is 67.2 Å². The second kappa shape index (κ2) is 5.65. The maximum absolute atomic E-state index is 10.7. The smallest absolute Gasteiger partial charge is 0.326 e. The number of rotatable bonds is 6. The molecule has 1 heterocycles. The first-order valence-corrected chi connectivity index (χ1v) is 5.46. The molecule has 2 N–H and O–H groups in total. The van der Waals surface area contributed by atoms with Crippen LogP contribution < -0.4 is 5.32 Å². The highest BCUT2D eigenvalue weighted by atomic mass is 16.4. The monoisotopic (exact) mass is 225 g/mol. The molecule has 90 valence electrons. The molecule has 1 aromatic heterocycles. The molecule has 0 saturated carbocycles. The molecule has 0 aromatic carbocycles. The summed E-state index contributed by atoms with van der Waals surface area (Å²) in [5.41, 5.74) is 0.869. The van der Waals surface area contributed by atoms with Crippen molar-refractivity contribution in [3.8, 4) is 0 Å². The number of nitrogens with zero attached hydrogens (tertiary/aromatic N) is 2. The van der Waals surface area contributed by atoms with E-state index in [-0.39, 0.29) is 0 Å². The molecule has 1 rings (SSSR count). The first-order chi connectivity index (χ1) is 7.50. The fraction of sp³-hybridized carbons (Fsp3) is 0.636. The van der Waals surface area contributed by atoms with Crippen molar-refractivity contribution < 1.29 is 9.90 Å². The average molecular weight is 225 g/mol. The highest BCUT2D eigenvalue weighted by Crippen LogP contribution is 2.06. The van der Waals surface area contributed by atoms with E-state index >= 15 is 0 Å². The fourth-order valence-corrected chi connectivity index (χ4v) is 1.30. The second-order valence-electron chi connectivity index (χ2n) is 4.35. The summed E-state index contributed by atoms with van der Waals surface area (Å²) in [6, 6.07) is -0.564. The third-order valence-corrected chi connectivity index (χ3v) is 2.32. The molecule has 1 aromatic rings. The van der Waals surface area contributed by atoms with Crippen molar-refractivity contribution in [2.45, 2.75) is 33.4 Å². The number of carboxylic acid groups (broad SMARTS) is 1. The lowest BCUT2D eigenvalue weighted by Gasteiger charge is -2.06. The van der Waals surface area contributed by atoms with Gasteiger partial charge in [0.15, 0.2) is 0 Å². The third-order valence-electron chi connectivity index (χ3n) is 2.32. The zero-order valence-electron chi connectivity index (χ0n) is 9.97. The Bertz CT molecular complexity index is 347. The van der Waals surface area contributed by atoms with E-state index in [0.29, 0.717) is 12.5 Å². The molecule has 1 unspecified atom stereocenters. The minimum atomic E-state index is -0.848. The van der Waals surface area contributed by atoms with Crippen LogP contribution in [0.5, 0.6) is 0 Å². The number of carbonyl (C=O) groups is 1. The van der Waals surface area contributed by atoms with Crippen LogP contribution in [0, 0.1) is 5.92 Å². The summed E-state index contributed by atoms with van der Waals surface area (Å²) in [6.45, 7) is 7.52. The Hall–Kier alpha value is -1.36. The van der Waals surface area contributed by atoms with Gasteiger partial charge in [0.05, 0.1) is 12.0 Å². The van der Waals surface area contributed by atoms with E-state index in [1.807, 2.05) is 0 Å². The molecule has 5 nitrogen and oxygen atoms in total. The van der Waals surface area contributed by atoms with Crippen LogP contribution in [0.25, 0.3) is 0 Å². The van der Waals surface area contributed by atoms with E-state index < -0.39 is 12.0 Å². The first kappa shape index (κ1) is 12.7. The van der Waals surface area contributed by atoms with Crippen LogP contribution >= 0.6 is 0 Å². The van der Waals surface area contributed by atoms with Crippen LogP contribution in [0.3, 0.4) is 0 Å². The van der Waals surface area contributed by atoms with E-state index in [0.717, 1.165) is 12.2 Å². The van der Waals surface area contributed by atoms with E-state index in [2.05, 4.69) is 24.1 Å². The molecule has 0 aliphatic carbocycles. The maximum atomic E-state index is 10.7. The van der Waals surface area contributed by atoms with Crippen molar-refractivity contribution in [2.24, 2.45) is 5.92 Å². The Balaban J connectivity index is 2.48. The fourth-order valence-electron chi connectivity index (χ4n) is 1.30. The maximum Gasteiger partial charge on any atom is 0.326 e. The molecule has 0 aliphatic rings. The summed E-state index contributed by atoms with van der Waals surface area (Å²) < 4.78 is 1.61. The van der Waals surface area contributed by atoms with Crippen LogP contribution in [-0.4, -0.2) is 27.2 Å². The average Bonchev–Trinajstić information content (AvgIpc) is 2.64. The molecule has 0 spiro atoms. The lowest BCUT2D eigenvalue weighted by molar-refractivity contribution is -0.140. The van der Waals surface area contributed by atoms with Crippen molar-refractivity contribution in [1.29, 1.82) is 0 Å². The molecule has 0 saturated heterocycles. The Kier molecular flexibility index (Phi) is 4.49. The second-order valence-corrected chi connectivity index (χ2v) is 4.35. The molecule has 0 aliphatic heterocycles. The molecule has 0 bridgehead atoms. The quantitative estimate of drug-likeness (QED) is 0.765. The summed E-state index contributed by atoms with van der Waals surface area (Å²) in [4.78, 5) is 14.9. The zero-order valence-corrected chi connectivity index (χ0v) is 9.97. The molecule has 0 amide bonds. The van der Waals surface area contributed by atoms with E-state index in [1.54, 1.807) is 24.0 Å². The van der Waals surface area contributed by atoms with Crippen molar-refractivity contribution in [1.82, 2.24) is 14.9 Å². The van der Waals surface area contributed by atoms with Gasteiger partial charge in [-0.1, -0.05) is 13.8 Å². The van der Waals surface area contributed by atoms with Gasteiger partial charge in [-0.25, -0.2) is 9.78 Å². The molecular formula is C11H19N3O2. The highest BCUT2D eigenvalue weighted by molar-refractivity contribution is 5.71. The van der Waals surface area contributed by atoms with Gasteiger partial charge < -0.3 is 15.0 Å². The van der Waals surface area contributed by atoms with E-state index in [4.69, 9.17) is 5.11 Å². The van der Waals surface area contributed by atoms with Crippen molar-refractivity contribution >= 4 is 5.97 Å². The zero-order chi connectivity index (χ0) is 12.1. The van der Waals surface area contributed by atoms with Gasteiger partial charge in [-0.15, -0.1) is 0 Å². The predicted molar refractivity (Wildman–Crippen MR) is 61.1 cm³/mol. The van der Waals surface area contributed by atoms with Crippen molar-refractivity contribution in [2.75, 3.05) is 6.54 Å². The van der Waals surface area contributed by atoms with Gasteiger partial charge in [-0.2, -0.15) is 0 Å². The Morgan fingerprint density at radius 1 is 1.56 bits per heavy atom. The summed E-state index contributed by atoms with van der Waals surface area (Å²) in [6.07, 6.45) is 3.33. The van der Waals surface area contributed by atoms with Crippen molar-refractivity contribution in [3.63, 3.8) is 0 Å². The van der Waals surface area contributed by atoms with Gasteiger partial charge in [-0.3, -0.25) is 0 Å². The lowest BCUT2D eigenvalue weighted by atomic mass is 10.2. The van der Waals surface area contributed by atoms with Crippen LogP contribution in [0.1, 0.15) is 32.5 Å². The summed E-state index contributed by atoms with van der Waals surface area (Å²) in [7, 11) is 0. The molecular weight excluding hydrogens is 206 g/mol. The Morgan fingerprint density at radius 2 is 2.25 bits per heavy atom. The van der Waals surface area contributed by atoms with Gasteiger partial charge in [0.1, 0.15) is 6.04 Å². The molecule has 16 heavy (non-hydrogen) atoms. The van der Waals surface area contributed by atoms with Gasteiger partial charge in [0, 0.05) is 12.7 Å². The Labute approximate surface area is 95.5 Å². The van der Waals surface area contributed by atoms with E-state index in [9.17, 15) is 4.79 Å². The number of hydrogen-bond acceptors (Lipinski definition) is 3. The van der Waals surface area contributed by atoms with Gasteiger partial charge >= 0.3 is 5.97 Å². The number of nitrogens with one attached hydrogen (secondary N) is 1. The molecule has 5 heteroatoms. The molecule has 1 atom stereocenters. The predicted octanol–water partition coefficient (Wildman–Crippen LogP) is 1.27. The summed E-state index contributed by atoms with van der Waals surface area (Å²) in [5.74, 6) is -0.251. The minimum absolute atomic E-state index is 0.564. The molecule has 0 fully saturated rings. The number of aliphatic carboxylic acids is 1. The standard InChI is InChI=1S/C11H19N3O2/c1-8(2)4-12-5-10-6-14(7-13-10)9(3)11(15)16/h6-9,12H,4-5H2,1-3H3,(H,15,16). The van der Waals surface area contributed by atoms with Gasteiger partial charge in [0.25, 0.3) is 0 Å². The number of hydrogen-bond donors (Lipinski definition) is 2.